The van der Waals surface area contributed by atoms with Crippen LogP contribution >= 0.6 is 71.5 Å². The summed E-state index contributed by atoms with van der Waals surface area (Å²) in [6, 6.07) is 7.84. The molecule has 0 saturated heterocycles. The van der Waals surface area contributed by atoms with Gasteiger partial charge in [-0.05, 0) is 50.3 Å². The first-order valence-corrected chi connectivity index (χ1v) is 12.6. The maximum atomic E-state index is 15.1. The SMILES string of the molecule is CC12SC(c3ccc(S)s3)=CC1=C(F)C(F)=C1C=C(c3ccc(S)s3)SC12C. The van der Waals surface area contributed by atoms with Crippen molar-refractivity contribution >= 4 is 81.3 Å². The minimum Gasteiger partial charge on any atom is -0.203 e. The van der Waals surface area contributed by atoms with Crippen molar-refractivity contribution < 1.29 is 8.78 Å². The molecular weight excluding hydrogens is 471 g/mol. The highest BCUT2D eigenvalue weighted by Crippen LogP contribution is 2.69. The van der Waals surface area contributed by atoms with Crippen LogP contribution in [0.4, 0.5) is 8.78 Å². The molecule has 0 spiro atoms. The molecule has 2 aliphatic heterocycles. The van der Waals surface area contributed by atoms with Gasteiger partial charge in [0.05, 0.1) is 17.9 Å². The Hall–Kier alpha value is -0.380. The molecule has 144 valence electrons. The van der Waals surface area contributed by atoms with Crippen molar-refractivity contribution in [2.75, 3.05) is 0 Å². The minimum atomic E-state index is -0.737. The number of halogens is 2. The van der Waals surface area contributed by atoms with Gasteiger partial charge < -0.3 is 0 Å². The predicted octanol–water partition coefficient (Wildman–Crippen LogP) is 8.24. The molecule has 28 heavy (non-hydrogen) atoms. The number of thiophene rings is 2. The molecule has 0 saturated carbocycles. The normalized spacial score (nSPS) is 29.2. The van der Waals surface area contributed by atoms with Crippen molar-refractivity contribution in [2.24, 2.45) is 0 Å². The fraction of sp³-hybridized carbons (Fsp3) is 0.200. The molecule has 0 nitrogen and oxygen atoms in total. The van der Waals surface area contributed by atoms with Crippen molar-refractivity contribution in [3.05, 3.63) is 69.0 Å². The molecular formula is C20H14F2S6. The number of thioether (sulfide) groups is 2. The molecule has 0 amide bonds. The first-order chi connectivity index (χ1) is 13.2. The van der Waals surface area contributed by atoms with Gasteiger partial charge in [0.2, 0.25) is 0 Å². The van der Waals surface area contributed by atoms with Gasteiger partial charge in [-0.15, -0.1) is 71.5 Å². The van der Waals surface area contributed by atoms with Crippen LogP contribution in [-0.2, 0) is 0 Å². The maximum absolute atomic E-state index is 15.1. The number of fused-ring (bicyclic) bond motifs is 3. The Morgan fingerprint density at radius 2 is 1.11 bits per heavy atom. The van der Waals surface area contributed by atoms with Crippen LogP contribution in [0.25, 0.3) is 9.81 Å². The number of thiol groups is 2. The lowest BCUT2D eigenvalue weighted by molar-refractivity contribution is 0.477. The van der Waals surface area contributed by atoms with E-state index in [0.717, 1.165) is 28.0 Å². The maximum Gasteiger partial charge on any atom is 0.163 e. The molecule has 3 aliphatic rings. The van der Waals surface area contributed by atoms with Gasteiger partial charge in [0.1, 0.15) is 0 Å². The van der Waals surface area contributed by atoms with E-state index in [1.54, 1.807) is 46.2 Å². The van der Waals surface area contributed by atoms with Crippen molar-refractivity contribution in [2.45, 2.75) is 31.8 Å². The molecule has 2 unspecified atom stereocenters. The molecule has 5 rings (SSSR count). The summed E-state index contributed by atoms with van der Waals surface area (Å²) in [4.78, 5) is 4.00. The fourth-order valence-corrected chi connectivity index (χ4v) is 9.30. The van der Waals surface area contributed by atoms with Crippen LogP contribution in [0.2, 0.25) is 0 Å². The quantitative estimate of drug-likeness (QED) is 0.412. The van der Waals surface area contributed by atoms with Gasteiger partial charge in [-0.25, -0.2) is 8.78 Å². The molecule has 0 bridgehead atoms. The number of hydrogen-bond donors (Lipinski definition) is 2. The second-order valence-corrected chi connectivity index (χ2v) is 13.7. The van der Waals surface area contributed by atoms with E-state index in [1.807, 2.05) is 50.3 Å². The molecule has 2 aromatic rings. The van der Waals surface area contributed by atoms with E-state index in [0.29, 0.717) is 11.1 Å². The second kappa shape index (κ2) is 6.56. The van der Waals surface area contributed by atoms with Crippen LogP contribution in [0.3, 0.4) is 0 Å². The van der Waals surface area contributed by atoms with Crippen LogP contribution in [0.5, 0.6) is 0 Å². The molecule has 0 N–H and O–H groups in total. The summed E-state index contributed by atoms with van der Waals surface area (Å²) in [5.74, 6) is -1.47. The summed E-state index contributed by atoms with van der Waals surface area (Å²) in [7, 11) is 0. The van der Waals surface area contributed by atoms with Gasteiger partial charge in [0, 0.05) is 30.7 Å². The number of hydrogen-bond acceptors (Lipinski definition) is 6. The average Bonchev–Trinajstić information content (AvgIpc) is 3.40. The first kappa shape index (κ1) is 19.6. The third-order valence-electron chi connectivity index (χ3n) is 5.45. The Balaban J connectivity index is 1.63. The predicted molar refractivity (Wildman–Crippen MR) is 127 cm³/mol. The van der Waals surface area contributed by atoms with Crippen LogP contribution in [0, 0.1) is 0 Å². The van der Waals surface area contributed by atoms with Gasteiger partial charge in [-0.2, -0.15) is 0 Å². The van der Waals surface area contributed by atoms with Gasteiger partial charge in [-0.1, -0.05) is 0 Å². The molecule has 1 aliphatic carbocycles. The molecule has 0 fully saturated rings. The third-order valence-corrected chi connectivity index (χ3v) is 11.7. The van der Waals surface area contributed by atoms with Crippen molar-refractivity contribution in [1.29, 1.82) is 0 Å². The highest BCUT2D eigenvalue weighted by atomic mass is 32.2. The summed E-state index contributed by atoms with van der Waals surface area (Å²) in [6.45, 7) is 4.06. The largest absolute Gasteiger partial charge is 0.203 e. The van der Waals surface area contributed by atoms with Crippen LogP contribution in [-0.4, -0.2) is 9.49 Å². The number of allylic oxidation sites excluding steroid dienone is 4. The molecule has 8 heteroatoms. The molecule has 0 radical (unpaired) electrons. The summed E-state index contributed by atoms with van der Waals surface area (Å²) >= 11 is 15.1. The molecule has 2 atom stereocenters. The Kier molecular flexibility index (Phi) is 4.58. The zero-order valence-electron chi connectivity index (χ0n) is 14.7. The topological polar surface area (TPSA) is 0 Å². The fourth-order valence-electron chi connectivity index (χ4n) is 3.80. The minimum absolute atomic E-state index is 0.438. The Labute approximate surface area is 189 Å². The van der Waals surface area contributed by atoms with E-state index in [9.17, 15) is 0 Å². The highest BCUT2D eigenvalue weighted by Gasteiger charge is 2.60. The summed E-state index contributed by atoms with van der Waals surface area (Å²) < 4.78 is 30.9. The van der Waals surface area contributed by atoms with Crippen molar-refractivity contribution in [1.82, 2.24) is 0 Å². The third kappa shape index (κ3) is 2.65. The summed E-state index contributed by atoms with van der Waals surface area (Å²) in [5.41, 5.74) is 0.877. The standard InChI is InChI=1S/C20H14F2S6/c1-19-9(7-13(27-19)11-3-5-15(23)25-11)17(21)18(22)10-8-14(28-20(10,19)2)12-4-6-16(24)26-12/h3-8,23-24H,1-2H3. The Bertz CT molecular complexity index is 1060. The smallest absolute Gasteiger partial charge is 0.163 e. The monoisotopic (exact) mass is 484 g/mol. The lowest BCUT2D eigenvalue weighted by Gasteiger charge is -2.45. The Morgan fingerprint density at radius 1 is 0.714 bits per heavy atom. The van der Waals surface area contributed by atoms with E-state index >= 15 is 8.78 Å². The van der Waals surface area contributed by atoms with Crippen molar-refractivity contribution in [3.63, 3.8) is 0 Å². The first-order valence-electron chi connectivity index (χ1n) is 8.43. The van der Waals surface area contributed by atoms with Gasteiger partial charge in [-0.3, -0.25) is 0 Å². The van der Waals surface area contributed by atoms with Gasteiger partial charge >= 0.3 is 0 Å². The van der Waals surface area contributed by atoms with E-state index in [2.05, 4.69) is 25.3 Å². The van der Waals surface area contributed by atoms with E-state index < -0.39 is 21.1 Å². The lowest BCUT2D eigenvalue weighted by atomic mass is 9.76. The van der Waals surface area contributed by atoms with Crippen LogP contribution in [0.15, 0.2) is 67.6 Å². The zero-order chi connectivity index (χ0) is 19.8. The Morgan fingerprint density at radius 3 is 1.43 bits per heavy atom. The summed E-state index contributed by atoms with van der Waals surface area (Å²) in [6.07, 6.45) is 3.63. The molecule has 4 heterocycles. The van der Waals surface area contributed by atoms with Gasteiger partial charge in [0.15, 0.2) is 11.7 Å². The van der Waals surface area contributed by atoms with Gasteiger partial charge in [0.25, 0.3) is 0 Å². The van der Waals surface area contributed by atoms with E-state index in [-0.39, 0.29) is 0 Å². The van der Waals surface area contributed by atoms with Crippen LogP contribution in [0.1, 0.15) is 23.6 Å². The number of rotatable bonds is 2. The highest BCUT2D eigenvalue weighted by molar-refractivity contribution is 8.14. The summed E-state index contributed by atoms with van der Waals surface area (Å²) in [5, 5.41) is 0. The second-order valence-electron chi connectivity index (χ2n) is 7.02. The van der Waals surface area contributed by atoms with Crippen LogP contribution < -0.4 is 0 Å². The zero-order valence-corrected chi connectivity index (χ0v) is 19.8. The average molecular weight is 485 g/mol. The van der Waals surface area contributed by atoms with E-state index in [4.69, 9.17) is 0 Å². The van der Waals surface area contributed by atoms with E-state index in [1.165, 1.54) is 0 Å². The lowest BCUT2D eigenvalue weighted by Crippen LogP contribution is -2.47. The molecule has 0 aromatic carbocycles. The van der Waals surface area contributed by atoms with Crippen molar-refractivity contribution in [3.8, 4) is 0 Å². The molecule has 2 aromatic heterocycles.